The number of carboxylic acid groups (broad SMARTS) is 1. The number of rotatable bonds is 9. The van der Waals surface area contributed by atoms with Gasteiger partial charge >= 0.3 is 5.97 Å². The molecule has 1 heterocycles. The van der Waals surface area contributed by atoms with E-state index in [9.17, 15) is 18.3 Å². The van der Waals surface area contributed by atoms with Crippen molar-refractivity contribution < 1.29 is 23.1 Å². The minimum absolute atomic E-state index is 0.0114. The summed E-state index contributed by atoms with van der Waals surface area (Å²) < 4.78 is 34.7. The largest absolute Gasteiger partial charge is 0.492 e. The highest BCUT2D eigenvalue weighted by atomic mass is 32.2. The SMILES string of the molecule is CCN(CC)C/C=C\c1ccccc1S(=O)(=O)Nc1ccc2c(c1C(=O)O)OC[C@H]1C[C@@H]21. The van der Waals surface area contributed by atoms with Gasteiger partial charge in [0.25, 0.3) is 10.0 Å². The molecule has 2 aliphatic rings. The van der Waals surface area contributed by atoms with E-state index in [1.165, 1.54) is 12.1 Å². The summed E-state index contributed by atoms with van der Waals surface area (Å²) >= 11 is 0. The molecule has 8 heteroatoms. The Morgan fingerprint density at radius 3 is 2.69 bits per heavy atom. The normalized spacial score (nSPS) is 19.3. The van der Waals surface area contributed by atoms with Gasteiger partial charge in [-0.15, -0.1) is 0 Å². The third kappa shape index (κ3) is 4.38. The minimum Gasteiger partial charge on any atom is -0.492 e. The molecular formula is C24H28N2O5S. The molecule has 0 amide bonds. The molecule has 0 unspecified atom stereocenters. The third-order valence-corrected chi connectivity index (χ3v) is 7.61. The predicted molar refractivity (Wildman–Crippen MR) is 124 cm³/mol. The first-order valence-corrected chi connectivity index (χ1v) is 12.4. The molecule has 1 fully saturated rings. The number of hydrogen-bond donors (Lipinski definition) is 2. The third-order valence-electron chi connectivity index (χ3n) is 6.17. The zero-order valence-corrected chi connectivity index (χ0v) is 19.1. The molecule has 0 spiro atoms. The van der Waals surface area contributed by atoms with Crippen LogP contribution in [-0.4, -0.2) is 50.6 Å². The Morgan fingerprint density at radius 1 is 1.22 bits per heavy atom. The molecule has 0 aromatic heterocycles. The van der Waals surface area contributed by atoms with Crippen LogP contribution >= 0.6 is 0 Å². The van der Waals surface area contributed by atoms with Gasteiger partial charge in [0.1, 0.15) is 11.3 Å². The van der Waals surface area contributed by atoms with Crippen LogP contribution in [0.1, 0.15) is 47.7 Å². The highest BCUT2D eigenvalue weighted by Gasteiger charge is 2.45. The number of sulfonamides is 1. The average Bonchev–Trinajstić information content (AvgIpc) is 3.56. The quantitative estimate of drug-likeness (QED) is 0.591. The average molecular weight is 457 g/mol. The molecule has 0 saturated heterocycles. The number of nitrogens with zero attached hydrogens (tertiary/aromatic N) is 1. The fourth-order valence-corrected chi connectivity index (χ4v) is 5.49. The van der Waals surface area contributed by atoms with E-state index in [-0.39, 0.29) is 21.9 Å². The highest BCUT2D eigenvalue weighted by molar-refractivity contribution is 7.92. The van der Waals surface area contributed by atoms with E-state index in [4.69, 9.17) is 4.74 Å². The lowest BCUT2D eigenvalue weighted by Gasteiger charge is -2.21. The van der Waals surface area contributed by atoms with Gasteiger partial charge in [-0.1, -0.05) is 50.3 Å². The first-order valence-electron chi connectivity index (χ1n) is 10.9. The smallest absolute Gasteiger partial charge is 0.341 e. The van der Waals surface area contributed by atoms with Crippen LogP contribution in [0.4, 0.5) is 5.69 Å². The Balaban J connectivity index is 1.65. The van der Waals surface area contributed by atoms with Crippen LogP contribution in [0.3, 0.4) is 0 Å². The van der Waals surface area contributed by atoms with Gasteiger partial charge in [-0.3, -0.25) is 4.72 Å². The summed E-state index contributed by atoms with van der Waals surface area (Å²) in [5.74, 6) is -0.198. The number of fused-ring (bicyclic) bond motifs is 3. The Kier molecular flexibility index (Phi) is 6.26. The second kappa shape index (κ2) is 8.96. The molecule has 2 N–H and O–H groups in total. The molecular weight excluding hydrogens is 428 g/mol. The maximum absolute atomic E-state index is 13.3. The van der Waals surface area contributed by atoms with Crippen molar-refractivity contribution >= 4 is 27.8 Å². The van der Waals surface area contributed by atoms with Crippen LogP contribution in [-0.2, 0) is 10.0 Å². The zero-order valence-electron chi connectivity index (χ0n) is 18.2. The van der Waals surface area contributed by atoms with Crippen molar-refractivity contribution in [2.45, 2.75) is 31.1 Å². The lowest BCUT2D eigenvalue weighted by atomic mass is 10.0. The van der Waals surface area contributed by atoms with Crippen molar-refractivity contribution in [3.63, 3.8) is 0 Å². The van der Waals surface area contributed by atoms with Crippen LogP contribution in [0.25, 0.3) is 6.08 Å². The van der Waals surface area contributed by atoms with Crippen molar-refractivity contribution in [2.24, 2.45) is 5.92 Å². The summed E-state index contributed by atoms with van der Waals surface area (Å²) in [7, 11) is -4.03. The molecule has 1 saturated carbocycles. The van der Waals surface area contributed by atoms with Crippen molar-refractivity contribution in [2.75, 3.05) is 31.0 Å². The van der Waals surface area contributed by atoms with Gasteiger partial charge in [0, 0.05) is 12.5 Å². The van der Waals surface area contributed by atoms with E-state index >= 15 is 0 Å². The second-order valence-electron chi connectivity index (χ2n) is 8.16. The monoisotopic (exact) mass is 456 g/mol. The number of hydrogen-bond acceptors (Lipinski definition) is 5. The molecule has 32 heavy (non-hydrogen) atoms. The molecule has 2 aromatic carbocycles. The van der Waals surface area contributed by atoms with Gasteiger partial charge < -0.3 is 14.7 Å². The summed E-state index contributed by atoms with van der Waals surface area (Å²) in [6.07, 6.45) is 4.70. The minimum atomic E-state index is -4.03. The fourth-order valence-electron chi connectivity index (χ4n) is 4.22. The van der Waals surface area contributed by atoms with E-state index in [2.05, 4.69) is 23.5 Å². The molecule has 170 valence electrons. The highest BCUT2D eigenvalue weighted by Crippen LogP contribution is 2.55. The molecule has 0 radical (unpaired) electrons. The first kappa shape index (κ1) is 22.4. The number of aromatic carboxylic acids is 1. The Hall–Kier alpha value is -2.84. The van der Waals surface area contributed by atoms with Crippen LogP contribution in [0.5, 0.6) is 5.75 Å². The number of benzene rings is 2. The summed E-state index contributed by atoms with van der Waals surface area (Å²) in [5, 5.41) is 9.83. The van der Waals surface area contributed by atoms with E-state index in [0.717, 1.165) is 25.1 Å². The Morgan fingerprint density at radius 2 is 1.97 bits per heavy atom. The summed E-state index contributed by atoms with van der Waals surface area (Å²) in [6.45, 7) is 7.14. The topological polar surface area (TPSA) is 95.9 Å². The number of carboxylic acids is 1. The van der Waals surface area contributed by atoms with E-state index in [1.54, 1.807) is 30.3 Å². The lowest BCUT2D eigenvalue weighted by molar-refractivity contribution is 0.0692. The molecule has 1 aliphatic heterocycles. The number of nitrogens with one attached hydrogen (secondary N) is 1. The first-order chi connectivity index (χ1) is 15.4. The van der Waals surface area contributed by atoms with E-state index in [0.29, 0.717) is 30.6 Å². The summed E-state index contributed by atoms with van der Waals surface area (Å²) in [5.41, 5.74) is 1.27. The number of likely N-dealkylation sites (N-methyl/N-ethyl adjacent to an activating group) is 1. The fraction of sp³-hybridized carbons (Fsp3) is 0.375. The maximum Gasteiger partial charge on any atom is 0.341 e. The molecule has 7 nitrogen and oxygen atoms in total. The second-order valence-corrected chi connectivity index (χ2v) is 9.81. The van der Waals surface area contributed by atoms with E-state index < -0.39 is 16.0 Å². The van der Waals surface area contributed by atoms with Gasteiger partial charge in [-0.05, 0) is 48.7 Å². The standard InChI is InChI=1S/C24H28N2O5S/c1-3-26(4-2)13-7-9-16-8-5-6-10-21(16)32(29,30)25-20-12-11-18-19-14-17(19)15-31-23(18)22(20)24(27)28/h5-12,17,19,25H,3-4,13-15H2,1-2H3,(H,27,28)/b9-7-/t17-,19-/m1/s1. The zero-order chi connectivity index (χ0) is 22.9. The Labute approximate surface area is 188 Å². The van der Waals surface area contributed by atoms with Gasteiger partial charge in [0.2, 0.25) is 0 Å². The van der Waals surface area contributed by atoms with Crippen molar-refractivity contribution in [1.29, 1.82) is 0 Å². The molecule has 2 atom stereocenters. The molecule has 0 bridgehead atoms. The van der Waals surface area contributed by atoms with Gasteiger partial charge in [-0.2, -0.15) is 0 Å². The van der Waals surface area contributed by atoms with Crippen LogP contribution in [0.2, 0.25) is 0 Å². The van der Waals surface area contributed by atoms with Crippen molar-refractivity contribution in [1.82, 2.24) is 4.90 Å². The van der Waals surface area contributed by atoms with Crippen molar-refractivity contribution in [3.8, 4) is 5.75 Å². The van der Waals surface area contributed by atoms with Crippen LogP contribution in [0.15, 0.2) is 47.4 Å². The summed E-state index contributed by atoms with van der Waals surface area (Å²) in [6, 6.07) is 9.98. The molecule has 2 aromatic rings. The molecule has 4 rings (SSSR count). The predicted octanol–water partition coefficient (Wildman–Crippen LogP) is 4.04. The summed E-state index contributed by atoms with van der Waals surface area (Å²) in [4.78, 5) is 14.3. The van der Waals surface area contributed by atoms with Gasteiger partial charge in [0.05, 0.1) is 17.2 Å². The number of anilines is 1. The lowest BCUT2D eigenvalue weighted by Crippen LogP contribution is -2.22. The molecule has 1 aliphatic carbocycles. The van der Waals surface area contributed by atoms with Crippen molar-refractivity contribution in [3.05, 3.63) is 59.2 Å². The van der Waals surface area contributed by atoms with Crippen LogP contribution < -0.4 is 9.46 Å². The number of ether oxygens (including phenoxy) is 1. The number of carbonyl (C=O) groups is 1. The van der Waals surface area contributed by atoms with E-state index in [1.807, 2.05) is 6.08 Å². The maximum atomic E-state index is 13.3. The van der Waals surface area contributed by atoms with Crippen LogP contribution in [0, 0.1) is 5.92 Å². The van der Waals surface area contributed by atoms with Gasteiger partial charge in [-0.25, -0.2) is 13.2 Å². The Bertz CT molecular complexity index is 1150. The van der Waals surface area contributed by atoms with Gasteiger partial charge in [0.15, 0.2) is 0 Å².